The molecule has 0 atom stereocenters. The zero-order valence-corrected chi connectivity index (χ0v) is 14.7. The van der Waals surface area contributed by atoms with Gasteiger partial charge < -0.3 is 10.1 Å². The van der Waals surface area contributed by atoms with Gasteiger partial charge in [0, 0.05) is 16.9 Å². The summed E-state index contributed by atoms with van der Waals surface area (Å²) in [6, 6.07) is 26.9. The van der Waals surface area contributed by atoms with Gasteiger partial charge in [0.05, 0.1) is 0 Å². The smallest absolute Gasteiger partial charge is 0.119 e. The van der Waals surface area contributed by atoms with E-state index in [-0.39, 0.29) is 0 Å². The topological polar surface area (TPSA) is 21.3 Å². The minimum absolute atomic E-state index is 0.546. The molecular formula is C23H25NO. The molecule has 3 aromatic carbocycles. The number of nitrogens with one attached hydrogen (secondary N) is 1. The average molecular weight is 331 g/mol. The lowest BCUT2D eigenvalue weighted by atomic mass is 10.1. The summed E-state index contributed by atoms with van der Waals surface area (Å²) in [5, 5.41) is 3.46. The Balaban J connectivity index is 1.63. The van der Waals surface area contributed by atoms with E-state index in [1.807, 2.05) is 30.3 Å². The Morgan fingerprint density at radius 3 is 2.28 bits per heavy atom. The van der Waals surface area contributed by atoms with E-state index in [2.05, 4.69) is 60.8 Å². The number of para-hydroxylation sites is 2. The summed E-state index contributed by atoms with van der Waals surface area (Å²) >= 11 is 0. The fraction of sp³-hybridized carbons (Fsp3) is 0.217. The fourth-order valence-electron chi connectivity index (χ4n) is 2.74. The molecule has 2 heteroatoms. The SMILES string of the molecule is CCCCc1ccc(OCc2ccccc2Nc2ccccc2)cc1. The van der Waals surface area contributed by atoms with E-state index in [0.717, 1.165) is 29.1 Å². The van der Waals surface area contributed by atoms with Crippen LogP contribution in [0.4, 0.5) is 11.4 Å². The summed E-state index contributed by atoms with van der Waals surface area (Å²) in [4.78, 5) is 0. The first-order chi connectivity index (χ1) is 12.3. The molecule has 3 aromatic rings. The molecule has 0 aliphatic rings. The van der Waals surface area contributed by atoms with Gasteiger partial charge in [-0.15, -0.1) is 0 Å². The van der Waals surface area contributed by atoms with Gasteiger partial charge in [0.15, 0.2) is 0 Å². The predicted octanol–water partition coefficient (Wildman–Crippen LogP) is 6.35. The van der Waals surface area contributed by atoms with Crippen molar-refractivity contribution in [2.45, 2.75) is 32.8 Å². The third-order valence-corrected chi connectivity index (χ3v) is 4.21. The summed E-state index contributed by atoms with van der Waals surface area (Å²) in [7, 11) is 0. The molecule has 0 aliphatic heterocycles. The zero-order valence-electron chi connectivity index (χ0n) is 14.7. The van der Waals surface area contributed by atoms with Crippen molar-refractivity contribution in [1.82, 2.24) is 0 Å². The molecule has 0 saturated heterocycles. The first-order valence-corrected chi connectivity index (χ1v) is 8.97. The molecule has 0 amide bonds. The molecule has 0 unspecified atom stereocenters. The van der Waals surface area contributed by atoms with Crippen LogP contribution < -0.4 is 10.1 Å². The second-order valence-corrected chi connectivity index (χ2v) is 6.18. The number of benzene rings is 3. The van der Waals surface area contributed by atoms with Crippen LogP contribution in [0.3, 0.4) is 0 Å². The maximum Gasteiger partial charge on any atom is 0.119 e. The third-order valence-electron chi connectivity index (χ3n) is 4.21. The van der Waals surface area contributed by atoms with Crippen LogP contribution in [0.1, 0.15) is 30.9 Å². The highest BCUT2D eigenvalue weighted by Gasteiger charge is 2.04. The molecule has 2 nitrogen and oxygen atoms in total. The van der Waals surface area contributed by atoms with Crippen molar-refractivity contribution in [2.24, 2.45) is 0 Å². The Hall–Kier alpha value is -2.74. The van der Waals surface area contributed by atoms with Crippen LogP contribution in [0, 0.1) is 0 Å². The second kappa shape index (κ2) is 8.93. The molecule has 0 bridgehead atoms. The van der Waals surface area contributed by atoms with Crippen molar-refractivity contribution in [3.63, 3.8) is 0 Å². The van der Waals surface area contributed by atoms with Gasteiger partial charge in [-0.25, -0.2) is 0 Å². The summed E-state index contributed by atoms with van der Waals surface area (Å²) in [6.07, 6.45) is 3.60. The summed E-state index contributed by atoms with van der Waals surface area (Å²) in [5.74, 6) is 0.912. The van der Waals surface area contributed by atoms with E-state index >= 15 is 0 Å². The van der Waals surface area contributed by atoms with E-state index in [1.54, 1.807) is 0 Å². The Labute approximate surface area is 150 Å². The van der Waals surface area contributed by atoms with Gasteiger partial charge in [0.1, 0.15) is 12.4 Å². The van der Waals surface area contributed by atoms with Crippen molar-refractivity contribution < 1.29 is 4.74 Å². The number of hydrogen-bond donors (Lipinski definition) is 1. The zero-order chi connectivity index (χ0) is 17.3. The van der Waals surface area contributed by atoms with Crippen LogP contribution in [0.15, 0.2) is 78.9 Å². The van der Waals surface area contributed by atoms with Gasteiger partial charge in [-0.1, -0.05) is 61.9 Å². The lowest BCUT2D eigenvalue weighted by Crippen LogP contribution is -2.00. The number of unbranched alkanes of at least 4 members (excludes halogenated alkanes) is 1. The van der Waals surface area contributed by atoms with E-state index in [4.69, 9.17) is 4.74 Å². The molecule has 0 fully saturated rings. The Morgan fingerprint density at radius 1 is 0.800 bits per heavy atom. The third kappa shape index (κ3) is 5.12. The molecule has 3 rings (SSSR count). The minimum Gasteiger partial charge on any atom is -0.489 e. The molecule has 128 valence electrons. The van der Waals surface area contributed by atoms with E-state index in [0.29, 0.717) is 6.61 Å². The van der Waals surface area contributed by atoms with E-state index in [9.17, 15) is 0 Å². The Morgan fingerprint density at radius 2 is 1.52 bits per heavy atom. The maximum atomic E-state index is 5.99. The number of ether oxygens (including phenoxy) is 1. The number of aryl methyl sites for hydroxylation is 1. The highest BCUT2D eigenvalue weighted by atomic mass is 16.5. The number of hydrogen-bond acceptors (Lipinski definition) is 2. The van der Waals surface area contributed by atoms with Gasteiger partial charge in [-0.05, 0) is 48.7 Å². The molecule has 0 saturated carbocycles. The Bertz CT molecular complexity index is 766. The summed E-state index contributed by atoms with van der Waals surface area (Å²) < 4.78 is 5.99. The van der Waals surface area contributed by atoms with Gasteiger partial charge in [0.2, 0.25) is 0 Å². The van der Waals surface area contributed by atoms with Crippen molar-refractivity contribution in [2.75, 3.05) is 5.32 Å². The van der Waals surface area contributed by atoms with Crippen molar-refractivity contribution in [3.05, 3.63) is 90.0 Å². The lowest BCUT2D eigenvalue weighted by molar-refractivity contribution is 0.307. The Kier molecular flexibility index (Phi) is 6.11. The van der Waals surface area contributed by atoms with Crippen molar-refractivity contribution in [1.29, 1.82) is 0 Å². The predicted molar refractivity (Wildman–Crippen MR) is 106 cm³/mol. The normalized spacial score (nSPS) is 10.4. The monoisotopic (exact) mass is 331 g/mol. The highest BCUT2D eigenvalue weighted by molar-refractivity contribution is 5.62. The molecule has 0 aromatic heterocycles. The van der Waals surface area contributed by atoms with Crippen LogP contribution >= 0.6 is 0 Å². The van der Waals surface area contributed by atoms with Gasteiger partial charge in [-0.2, -0.15) is 0 Å². The standard InChI is InChI=1S/C23H25NO/c1-2-3-9-19-14-16-22(17-15-19)25-18-20-10-7-8-13-23(20)24-21-11-5-4-6-12-21/h4-8,10-17,24H,2-3,9,18H2,1H3. The molecule has 25 heavy (non-hydrogen) atoms. The van der Waals surface area contributed by atoms with Crippen molar-refractivity contribution >= 4 is 11.4 Å². The maximum absolute atomic E-state index is 5.99. The molecule has 0 spiro atoms. The van der Waals surface area contributed by atoms with Crippen LogP contribution in [-0.2, 0) is 13.0 Å². The molecule has 0 heterocycles. The second-order valence-electron chi connectivity index (χ2n) is 6.18. The minimum atomic E-state index is 0.546. The number of anilines is 2. The molecule has 0 radical (unpaired) electrons. The summed E-state index contributed by atoms with van der Waals surface area (Å²) in [6.45, 7) is 2.77. The largest absolute Gasteiger partial charge is 0.489 e. The lowest BCUT2D eigenvalue weighted by Gasteiger charge is -2.13. The number of rotatable bonds is 8. The highest BCUT2D eigenvalue weighted by Crippen LogP contribution is 2.23. The average Bonchev–Trinajstić information content (AvgIpc) is 2.67. The van der Waals surface area contributed by atoms with Gasteiger partial charge >= 0.3 is 0 Å². The van der Waals surface area contributed by atoms with Crippen molar-refractivity contribution in [3.8, 4) is 5.75 Å². The van der Waals surface area contributed by atoms with Crippen LogP contribution in [0.25, 0.3) is 0 Å². The van der Waals surface area contributed by atoms with Crippen LogP contribution in [0.5, 0.6) is 5.75 Å². The quantitative estimate of drug-likeness (QED) is 0.519. The first-order valence-electron chi connectivity index (χ1n) is 8.97. The van der Waals surface area contributed by atoms with Gasteiger partial charge in [-0.3, -0.25) is 0 Å². The van der Waals surface area contributed by atoms with E-state index in [1.165, 1.54) is 18.4 Å². The summed E-state index contributed by atoms with van der Waals surface area (Å²) in [5.41, 5.74) is 4.67. The van der Waals surface area contributed by atoms with Gasteiger partial charge in [0.25, 0.3) is 0 Å². The molecular weight excluding hydrogens is 306 g/mol. The van der Waals surface area contributed by atoms with Crippen LogP contribution in [0.2, 0.25) is 0 Å². The van der Waals surface area contributed by atoms with E-state index < -0.39 is 0 Å². The first kappa shape index (κ1) is 17.1. The molecule has 0 aliphatic carbocycles. The fourth-order valence-corrected chi connectivity index (χ4v) is 2.74. The van der Waals surface area contributed by atoms with Crippen LogP contribution in [-0.4, -0.2) is 0 Å². The molecule has 1 N–H and O–H groups in total.